The molecule has 1 aromatic heterocycles. The van der Waals surface area contributed by atoms with Gasteiger partial charge < -0.3 is 23.7 Å². The van der Waals surface area contributed by atoms with Crippen molar-refractivity contribution < 1.29 is 23.8 Å². The van der Waals surface area contributed by atoms with Crippen LogP contribution >= 0.6 is 0 Å². The first-order chi connectivity index (χ1) is 14.1. The zero-order chi connectivity index (χ0) is 20.5. The Kier molecular flexibility index (Phi) is 5.22. The maximum atomic E-state index is 13.3. The number of methoxy groups -OCH3 is 2. The van der Waals surface area contributed by atoms with Crippen LogP contribution < -0.4 is 9.47 Å². The molecule has 1 fully saturated rings. The molecule has 3 heterocycles. The fraction of sp³-hybridized carbons (Fsp3) is 0.455. The quantitative estimate of drug-likeness (QED) is 0.724. The van der Waals surface area contributed by atoms with Crippen LogP contribution in [0.15, 0.2) is 18.2 Å². The lowest BCUT2D eigenvalue weighted by Crippen LogP contribution is -2.28. The summed E-state index contributed by atoms with van der Waals surface area (Å²) >= 11 is 0. The van der Waals surface area contributed by atoms with Crippen molar-refractivity contribution in [1.29, 1.82) is 0 Å². The summed E-state index contributed by atoms with van der Waals surface area (Å²) in [5.74, 6) is 0.810. The lowest BCUT2D eigenvalue weighted by Gasteiger charge is -2.24. The number of likely N-dealkylation sites (tertiary alicyclic amines) is 1. The topological polar surface area (TPSA) is 70.0 Å². The summed E-state index contributed by atoms with van der Waals surface area (Å²) in [6, 6.07) is 5.55. The van der Waals surface area contributed by atoms with E-state index in [0.29, 0.717) is 29.3 Å². The molecular weight excluding hydrogens is 372 g/mol. The van der Waals surface area contributed by atoms with Crippen molar-refractivity contribution in [3.63, 3.8) is 0 Å². The van der Waals surface area contributed by atoms with Gasteiger partial charge in [0, 0.05) is 25.2 Å². The van der Waals surface area contributed by atoms with Gasteiger partial charge in [0.25, 0.3) is 5.91 Å². The Morgan fingerprint density at radius 2 is 1.69 bits per heavy atom. The summed E-state index contributed by atoms with van der Waals surface area (Å²) in [5, 5.41) is 0. The van der Waals surface area contributed by atoms with Gasteiger partial charge in [-0.1, -0.05) is 0 Å². The summed E-state index contributed by atoms with van der Waals surface area (Å²) in [4.78, 5) is 27.8. The Morgan fingerprint density at radius 3 is 2.34 bits per heavy atom. The van der Waals surface area contributed by atoms with Gasteiger partial charge in [0.15, 0.2) is 11.5 Å². The van der Waals surface area contributed by atoms with Crippen molar-refractivity contribution in [2.45, 2.75) is 32.7 Å². The summed E-state index contributed by atoms with van der Waals surface area (Å²) < 4.78 is 18.1. The minimum Gasteiger partial charge on any atom is -0.493 e. The highest BCUT2D eigenvalue weighted by molar-refractivity contribution is 6.04. The van der Waals surface area contributed by atoms with Crippen LogP contribution in [0.4, 0.5) is 0 Å². The number of aryl methyl sites for hydroxylation is 1. The number of fused-ring (bicyclic) bond motifs is 3. The Hall–Kier alpha value is -2.96. The van der Waals surface area contributed by atoms with Gasteiger partial charge in [0.05, 0.1) is 32.1 Å². The molecule has 0 N–H and O–H groups in total. The summed E-state index contributed by atoms with van der Waals surface area (Å²) in [6.07, 6.45) is 2.74. The van der Waals surface area contributed by atoms with Crippen LogP contribution in [0.2, 0.25) is 0 Å². The molecule has 0 spiro atoms. The summed E-state index contributed by atoms with van der Waals surface area (Å²) in [6.45, 7) is 4.16. The van der Waals surface area contributed by atoms with Crippen molar-refractivity contribution >= 4 is 11.9 Å². The maximum Gasteiger partial charge on any atom is 0.354 e. The predicted octanol–water partition coefficient (Wildman–Crippen LogP) is 3.14. The number of aromatic nitrogens is 1. The van der Waals surface area contributed by atoms with Crippen molar-refractivity contribution in [2.75, 3.05) is 33.9 Å². The molecule has 2 aliphatic rings. The highest BCUT2D eigenvalue weighted by atomic mass is 16.5. The standard InChI is InChI=1S/C22H26N2O5/c1-4-29-22(26)17-12-16(21(25)23-8-5-6-9-23)20-15-13-19(28-3)18(27-2)11-14(15)7-10-24(17)20/h11-13H,4-10H2,1-3H3. The molecule has 1 aromatic carbocycles. The number of benzene rings is 1. The van der Waals surface area contributed by atoms with E-state index in [9.17, 15) is 9.59 Å². The number of rotatable bonds is 5. The van der Waals surface area contributed by atoms with E-state index in [4.69, 9.17) is 14.2 Å². The number of esters is 1. The first-order valence-electron chi connectivity index (χ1n) is 10.0. The number of carbonyl (C=O) groups is 2. The second kappa shape index (κ2) is 7.81. The summed E-state index contributed by atoms with van der Waals surface area (Å²) in [7, 11) is 3.20. The first-order valence-corrected chi connectivity index (χ1v) is 10.0. The van der Waals surface area contributed by atoms with Gasteiger partial charge in [-0.2, -0.15) is 0 Å². The smallest absolute Gasteiger partial charge is 0.354 e. The van der Waals surface area contributed by atoms with Crippen molar-refractivity contribution in [2.24, 2.45) is 0 Å². The third-order valence-corrected chi connectivity index (χ3v) is 5.67. The van der Waals surface area contributed by atoms with Crippen LogP contribution in [0.25, 0.3) is 11.3 Å². The van der Waals surface area contributed by atoms with E-state index in [1.807, 2.05) is 21.6 Å². The van der Waals surface area contributed by atoms with E-state index in [2.05, 4.69) is 0 Å². The molecule has 2 aromatic rings. The molecule has 0 atom stereocenters. The van der Waals surface area contributed by atoms with Gasteiger partial charge >= 0.3 is 5.97 Å². The molecule has 1 amide bonds. The average molecular weight is 398 g/mol. The average Bonchev–Trinajstić information content (AvgIpc) is 3.40. The number of ether oxygens (including phenoxy) is 3. The molecule has 29 heavy (non-hydrogen) atoms. The molecule has 7 heteroatoms. The summed E-state index contributed by atoms with van der Waals surface area (Å²) in [5.41, 5.74) is 3.69. The molecule has 154 valence electrons. The molecule has 0 radical (unpaired) electrons. The van der Waals surface area contributed by atoms with Crippen molar-refractivity contribution in [1.82, 2.24) is 9.47 Å². The number of hydrogen-bond donors (Lipinski definition) is 0. The largest absolute Gasteiger partial charge is 0.493 e. The van der Waals surface area contributed by atoms with Crippen LogP contribution in [0.1, 0.15) is 46.2 Å². The zero-order valence-electron chi connectivity index (χ0n) is 17.1. The van der Waals surface area contributed by atoms with Gasteiger partial charge in [-0.05, 0) is 49.9 Å². The third kappa shape index (κ3) is 3.24. The molecule has 2 aliphatic heterocycles. The van der Waals surface area contributed by atoms with Crippen LogP contribution in [0.3, 0.4) is 0 Å². The van der Waals surface area contributed by atoms with E-state index >= 15 is 0 Å². The minimum absolute atomic E-state index is 0.0376. The van der Waals surface area contributed by atoms with Crippen LogP contribution in [-0.4, -0.2) is 55.3 Å². The highest BCUT2D eigenvalue weighted by Crippen LogP contribution is 2.41. The number of amides is 1. The maximum absolute atomic E-state index is 13.3. The molecule has 1 saturated heterocycles. The normalized spacial score (nSPS) is 14.9. The van der Waals surface area contributed by atoms with E-state index < -0.39 is 5.97 Å². The highest BCUT2D eigenvalue weighted by Gasteiger charge is 2.32. The second-order valence-corrected chi connectivity index (χ2v) is 7.28. The van der Waals surface area contributed by atoms with Crippen LogP contribution in [-0.2, 0) is 17.7 Å². The lowest BCUT2D eigenvalue weighted by molar-refractivity contribution is 0.0513. The van der Waals surface area contributed by atoms with E-state index in [0.717, 1.165) is 49.2 Å². The monoisotopic (exact) mass is 398 g/mol. The van der Waals surface area contributed by atoms with Gasteiger partial charge in [-0.15, -0.1) is 0 Å². The van der Waals surface area contributed by atoms with Gasteiger partial charge in [-0.25, -0.2) is 4.79 Å². The predicted molar refractivity (Wildman–Crippen MR) is 108 cm³/mol. The molecule has 0 aliphatic carbocycles. The number of carbonyl (C=O) groups excluding carboxylic acids is 2. The van der Waals surface area contributed by atoms with Gasteiger partial charge in [0.2, 0.25) is 0 Å². The third-order valence-electron chi connectivity index (χ3n) is 5.67. The molecule has 0 unspecified atom stereocenters. The second-order valence-electron chi connectivity index (χ2n) is 7.28. The SMILES string of the molecule is CCOC(=O)c1cc(C(=O)N2CCCC2)c2n1CCc1cc(OC)c(OC)cc1-2. The van der Waals surface area contributed by atoms with E-state index in [1.54, 1.807) is 27.2 Å². The molecule has 7 nitrogen and oxygen atoms in total. The molecule has 0 bridgehead atoms. The Balaban J connectivity index is 1.90. The zero-order valence-corrected chi connectivity index (χ0v) is 17.1. The van der Waals surface area contributed by atoms with Crippen molar-refractivity contribution in [3.05, 3.63) is 35.0 Å². The van der Waals surface area contributed by atoms with Gasteiger partial charge in [-0.3, -0.25) is 4.79 Å². The molecule has 0 saturated carbocycles. The number of nitrogens with zero attached hydrogens (tertiary/aromatic N) is 2. The molecular formula is C22H26N2O5. The van der Waals surface area contributed by atoms with Gasteiger partial charge in [0.1, 0.15) is 5.69 Å². The van der Waals surface area contributed by atoms with Crippen molar-refractivity contribution in [3.8, 4) is 22.8 Å². The van der Waals surface area contributed by atoms with Crippen LogP contribution in [0, 0.1) is 0 Å². The Morgan fingerprint density at radius 1 is 1.00 bits per heavy atom. The fourth-order valence-electron chi connectivity index (χ4n) is 4.28. The number of hydrogen-bond acceptors (Lipinski definition) is 5. The first kappa shape index (κ1) is 19.4. The Labute approximate surface area is 170 Å². The fourth-order valence-corrected chi connectivity index (χ4v) is 4.28. The van der Waals surface area contributed by atoms with Crippen LogP contribution in [0.5, 0.6) is 11.5 Å². The van der Waals surface area contributed by atoms with E-state index in [-0.39, 0.29) is 12.5 Å². The Bertz CT molecular complexity index is 957. The minimum atomic E-state index is -0.404. The lowest BCUT2D eigenvalue weighted by atomic mass is 9.95. The molecule has 4 rings (SSSR count). The van der Waals surface area contributed by atoms with E-state index in [1.165, 1.54) is 0 Å².